The van der Waals surface area contributed by atoms with Gasteiger partial charge in [0.2, 0.25) is 5.91 Å². The largest absolute Gasteiger partial charge is 0.397 e. The number of nitrogen functional groups attached to an aromatic ring is 1. The molecule has 1 fully saturated rings. The number of rotatable bonds is 10. The zero-order valence-corrected chi connectivity index (χ0v) is 22.3. The van der Waals surface area contributed by atoms with Crippen molar-refractivity contribution in [2.24, 2.45) is 0 Å². The van der Waals surface area contributed by atoms with E-state index in [0.29, 0.717) is 29.7 Å². The minimum absolute atomic E-state index is 0.00692. The molecule has 0 unspecified atom stereocenters. The highest BCUT2D eigenvalue weighted by Crippen LogP contribution is 2.30. The highest BCUT2D eigenvalue weighted by atomic mass is 19.1. The van der Waals surface area contributed by atoms with Crippen molar-refractivity contribution in [3.63, 3.8) is 0 Å². The fraction of sp³-hybridized carbons (Fsp3) is 0.357. The van der Waals surface area contributed by atoms with Gasteiger partial charge in [-0.15, -0.1) is 0 Å². The van der Waals surface area contributed by atoms with Gasteiger partial charge in [-0.2, -0.15) is 0 Å². The van der Waals surface area contributed by atoms with E-state index in [4.69, 9.17) is 10.5 Å². The highest BCUT2D eigenvalue weighted by molar-refractivity contribution is 6.00. The zero-order valence-electron chi connectivity index (χ0n) is 22.3. The van der Waals surface area contributed by atoms with Crippen LogP contribution in [0, 0.1) is 5.82 Å². The number of pyridine rings is 1. The molecule has 1 aliphatic rings. The molecule has 0 bridgehead atoms. The van der Waals surface area contributed by atoms with E-state index < -0.39 is 29.5 Å². The van der Waals surface area contributed by atoms with E-state index >= 15 is 0 Å². The van der Waals surface area contributed by atoms with Gasteiger partial charge >= 0.3 is 0 Å². The first kappa shape index (κ1) is 28.2. The quantitative estimate of drug-likeness (QED) is 0.166. The number of nitrogens with two attached hydrogens (primary N) is 1. The van der Waals surface area contributed by atoms with Crippen LogP contribution in [-0.2, 0) is 9.53 Å². The van der Waals surface area contributed by atoms with Gasteiger partial charge in [0.25, 0.3) is 11.5 Å². The molecule has 5 rings (SSSR count). The fourth-order valence-electron chi connectivity index (χ4n) is 4.93. The van der Waals surface area contributed by atoms with Gasteiger partial charge in [0.15, 0.2) is 0 Å². The van der Waals surface area contributed by atoms with Crippen LogP contribution >= 0.6 is 0 Å². The number of halogens is 1. The first-order chi connectivity index (χ1) is 19.6. The molecule has 7 N–H and O–H groups in total. The van der Waals surface area contributed by atoms with Crippen LogP contribution in [0.4, 0.5) is 10.1 Å². The van der Waals surface area contributed by atoms with Crippen molar-refractivity contribution in [2.45, 2.75) is 37.6 Å². The molecule has 216 valence electrons. The van der Waals surface area contributed by atoms with Crippen molar-refractivity contribution in [2.75, 3.05) is 32.5 Å². The number of aliphatic hydroxyl groups is 2. The Morgan fingerprint density at radius 1 is 1.20 bits per heavy atom. The van der Waals surface area contributed by atoms with E-state index in [1.165, 1.54) is 12.1 Å². The maximum absolute atomic E-state index is 14.4. The zero-order chi connectivity index (χ0) is 29.3. The summed E-state index contributed by atoms with van der Waals surface area (Å²) in [5.41, 5.74) is 7.10. The molecule has 2 amide bonds. The number of imidazole rings is 1. The van der Waals surface area contributed by atoms with E-state index in [-0.39, 0.29) is 65.8 Å². The van der Waals surface area contributed by atoms with Crippen LogP contribution in [0.3, 0.4) is 0 Å². The molecular formula is C28H31FN6O6. The van der Waals surface area contributed by atoms with Gasteiger partial charge in [0.05, 0.1) is 52.4 Å². The van der Waals surface area contributed by atoms with Crippen molar-refractivity contribution in [1.82, 2.24) is 25.2 Å². The summed E-state index contributed by atoms with van der Waals surface area (Å²) in [4.78, 5) is 49.2. The molecular weight excluding hydrogens is 535 g/mol. The van der Waals surface area contributed by atoms with Gasteiger partial charge in [0, 0.05) is 32.3 Å². The maximum atomic E-state index is 14.4. The smallest absolute Gasteiger partial charge is 0.261 e. The van der Waals surface area contributed by atoms with E-state index in [1.807, 2.05) is 0 Å². The Labute approximate surface area is 233 Å². The lowest BCUT2D eigenvalue weighted by Crippen LogP contribution is -2.54. The molecule has 2 aromatic heterocycles. The molecule has 41 heavy (non-hydrogen) atoms. The Hall–Kier alpha value is -4.33. The molecule has 4 aromatic rings. The number of amides is 2. The number of hydrogen-bond acceptors (Lipinski definition) is 8. The number of fused-ring (bicyclic) bond motifs is 2. The van der Waals surface area contributed by atoms with Crippen LogP contribution in [-0.4, -0.2) is 86.9 Å². The summed E-state index contributed by atoms with van der Waals surface area (Å²) >= 11 is 0. The normalized spacial score (nSPS) is 15.2. The average molecular weight is 567 g/mol. The Balaban J connectivity index is 1.18. The molecule has 3 heterocycles. The second-order valence-corrected chi connectivity index (χ2v) is 10.2. The molecule has 0 radical (unpaired) electrons. The third-order valence-corrected chi connectivity index (χ3v) is 7.26. The number of nitrogens with zero attached hydrogens (tertiary/aromatic N) is 2. The second kappa shape index (κ2) is 11.6. The fourth-order valence-corrected chi connectivity index (χ4v) is 4.93. The lowest BCUT2D eigenvalue weighted by Gasteiger charge is -2.38. The average Bonchev–Trinajstić information content (AvgIpc) is 3.30. The maximum Gasteiger partial charge on any atom is 0.261 e. The van der Waals surface area contributed by atoms with Crippen LogP contribution in [0.5, 0.6) is 0 Å². The van der Waals surface area contributed by atoms with Crippen LogP contribution in [0.2, 0.25) is 0 Å². The SMILES string of the molecule is COC1CN(C(=O)C[C@H](O)C[C@H](O)CCNC(=O)c2ccc3nc(-c4c(N)c5c(F)cccc5[nH]c4=O)[nH]c3c2)C1. The first-order valence-electron chi connectivity index (χ1n) is 13.2. The third-order valence-electron chi connectivity index (χ3n) is 7.26. The van der Waals surface area contributed by atoms with Gasteiger partial charge in [-0.1, -0.05) is 6.07 Å². The molecule has 2 atom stereocenters. The molecule has 0 saturated carbocycles. The van der Waals surface area contributed by atoms with Crippen molar-refractivity contribution < 1.29 is 28.9 Å². The monoisotopic (exact) mass is 566 g/mol. The number of aromatic nitrogens is 3. The van der Waals surface area contributed by atoms with Crippen LogP contribution in [0.15, 0.2) is 41.2 Å². The minimum Gasteiger partial charge on any atom is -0.397 e. The van der Waals surface area contributed by atoms with E-state index in [9.17, 15) is 29.0 Å². The van der Waals surface area contributed by atoms with E-state index in [2.05, 4.69) is 20.3 Å². The van der Waals surface area contributed by atoms with Crippen LogP contribution in [0.1, 0.15) is 29.6 Å². The predicted octanol–water partition coefficient (Wildman–Crippen LogP) is 1.27. The number of H-pyrrole nitrogens is 2. The topological polar surface area (TPSA) is 187 Å². The number of benzene rings is 2. The Kier molecular flexibility index (Phi) is 8.01. The molecule has 1 aliphatic heterocycles. The Morgan fingerprint density at radius 2 is 1.98 bits per heavy atom. The van der Waals surface area contributed by atoms with Gasteiger partial charge in [0.1, 0.15) is 17.2 Å². The summed E-state index contributed by atoms with van der Waals surface area (Å²) in [7, 11) is 1.58. The predicted molar refractivity (Wildman–Crippen MR) is 150 cm³/mol. The van der Waals surface area contributed by atoms with Crippen LogP contribution in [0.25, 0.3) is 33.3 Å². The standard InChI is InChI=1S/C28H31FN6O6/c1-41-17-12-35(13-17)22(38)11-16(37)10-15(36)7-8-31-27(39)14-5-6-19-21(9-14)33-26(32-19)24-25(30)23-18(29)3-2-4-20(23)34-28(24)40/h2-6,9,15-17,36-37H,7-8,10-13H2,1H3,(H,31,39)(H,32,33)(H3,30,34,40)/t15-,16-/m1/s1. The number of ether oxygens (including phenoxy) is 1. The molecule has 0 spiro atoms. The number of aliphatic hydroxyl groups excluding tert-OH is 2. The molecule has 0 aliphatic carbocycles. The molecule has 2 aromatic carbocycles. The number of nitrogens with one attached hydrogen (secondary N) is 3. The number of likely N-dealkylation sites (tertiary alicyclic amines) is 1. The summed E-state index contributed by atoms with van der Waals surface area (Å²) in [5, 5.41) is 23.2. The third kappa shape index (κ3) is 5.92. The second-order valence-electron chi connectivity index (χ2n) is 10.2. The van der Waals surface area contributed by atoms with Crippen LogP contribution < -0.4 is 16.6 Å². The van der Waals surface area contributed by atoms with Gasteiger partial charge in [-0.25, -0.2) is 9.37 Å². The number of methoxy groups -OCH3 is 1. The summed E-state index contributed by atoms with van der Waals surface area (Å²) in [5.74, 6) is -1.03. The number of carbonyl (C=O) groups is 2. The lowest BCUT2D eigenvalue weighted by atomic mass is 10.0. The van der Waals surface area contributed by atoms with Crippen molar-refractivity contribution in [3.05, 3.63) is 58.1 Å². The summed E-state index contributed by atoms with van der Waals surface area (Å²) < 4.78 is 19.6. The summed E-state index contributed by atoms with van der Waals surface area (Å²) in [6.07, 6.45) is -1.77. The Bertz CT molecular complexity index is 1660. The highest BCUT2D eigenvalue weighted by Gasteiger charge is 2.31. The number of aromatic amines is 2. The molecule has 1 saturated heterocycles. The van der Waals surface area contributed by atoms with Gasteiger partial charge in [-0.3, -0.25) is 14.4 Å². The van der Waals surface area contributed by atoms with Crippen molar-refractivity contribution in [3.8, 4) is 11.4 Å². The minimum atomic E-state index is -0.993. The molecule has 12 nitrogen and oxygen atoms in total. The Morgan fingerprint density at radius 3 is 2.73 bits per heavy atom. The lowest BCUT2D eigenvalue weighted by molar-refractivity contribution is -0.145. The van der Waals surface area contributed by atoms with E-state index in [1.54, 1.807) is 36.3 Å². The van der Waals surface area contributed by atoms with E-state index in [0.717, 1.165) is 0 Å². The summed E-state index contributed by atoms with van der Waals surface area (Å²) in [6.45, 7) is 1.14. The first-order valence-corrected chi connectivity index (χ1v) is 13.2. The van der Waals surface area contributed by atoms with Crippen molar-refractivity contribution >= 4 is 39.4 Å². The molecule has 13 heteroatoms. The summed E-state index contributed by atoms with van der Waals surface area (Å²) in [6, 6.07) is 9.00. The van der Waals surface area contributed by atoms with Gasteiger partial charge < -0.3 is 40.9 Å². The van der Waals surface area contributed by atoms with Crippen molar-refractivity contribution in [1.29, 1.82) is 0 Å². The van der Waals surface area contributed by atoms with Gasteiger partial charge in [-0.05, 0) is 43.2 Å². The number of hydrogen-bond donors (Lipinski definition) is 6. The number of anilines is 1. The number of carbonyl (C=O) groups excluding carboxylic acids is 2.